The minimum Gasteiger partial charge on any atom is -0.505 e. The molecule has 184 valence electrons. The van der Waals surface area contributed by atoms with Crippen molar-refractivity contribution in [3.63, 3.8) is 0 Å². The Balaban J connectivity index is 1.87. The molecular formula is C27H31N3O5. The number of urea groups is 1. The van der Waals surface area contributed by atoms with Crippen LogP contribution in [-0.4, -0.2) is 28.3 Å². The Bertz CT molecular complexity index is 1280. The fraction of sp³-hybridized carbons (Fsp3) is 0.296. The summed E-state index contributed by atoms with van der Waals surface area (Å²) in [5, 5.41) is 15.3. The molecule has 8 nitrogen and oxygen atoms in total. The van der Waals surface area contributed by atoms with E-state index >= 15 is 0 Å². The number of pyridine rings is 1. The summed E-state index contributed by atoms with van der Waals surface area (Å²) in [6.45, 7) is 7.70. The van der Waals surface area contributed by atoms with Gasteiger partial charge in [0, 0.05) is 18.8 Å². The number of amides is 2. The molecule has 0 spiro atoms. The molecule has 0 aliphatic rings. The topological polar surface area (TPSA) is 110 Å². The first-order valence-electron chi connectivity index (χ1n) is 11.4. The Hall–Kier alpha value is -4.07. The van der Waals surface area contributed by atoms with Crippen molar-refractivity contribution < 1.29 is 19.4 Å². The zero-order valence-electron chi connectivity index (χ0n) is 20.6. The number of aryl methyl sites for hydroxylation is 3. The van der Waals surface area contributed by atoms with E-state index in [1.54, 1.807) is 20.9 Å². The molecule has 0 aliphatic heterocycles. The van der Waals surface area contributed by atoms with Crippen molar-refractivity contribution in [3.05, 3.63) is 81.3 Å². The summed E-state index contributed by atoms with van der Waals surface area (Å²) < 4.78 is 6.40. The lowest BCUT2D eigenvalue weighted by atomic mass is 9.94. The summed E-state index contributed by atoms with van der Waals surface area (Å²) in [5.41, 5.74) is 4.92. The van der Waals surface area contributed by atoms with Gasteiger partial charge in [0.05, 0.1) is 19.1 Å². The van der Waals surface area contributed by atoms with E-state index in [1.807, 2.05) is 30.3 Å². The van der Waals surface area contributed by atoms with Crippen LogP contribution in [-0.2, 0) is 16.6 Å². The minimum absolute atomic E-state index is 0.0953. The monoisotopic (exact) mass is 477 g/mol. The van der Waals surface area contributed by atoms with Crippen LogP contribution in [0.5, 0.6) is 5.75 Å². The highest BCUT2D eigenvalue weighted by Gasteiger charge is 2.21. The molecule has 0 saturated carbocycles. The smallest absolute Gasteiger partial charge is 0.319 e. The van der Waals surface area contributed by atoms with Crippen LogP contribution < -0.4 is 16.2 Å². The number of benzene rings is 2. The number of nitrogens with one attached hydrogen (secondary N) is 2. The third-order valence-electron chi connectivity index (χ3n) is 5.95. The molecule has 0 bridgehead atoms. The van der Waals surface area contributed by atoms with Gasteiger partial charge in [-0.1, -0.05) is 42.5 Å². The highest BCUT2D eigenvalue weighted by atomic mass is 16.5. The number of aromatic nitrogens is 1. The first kappa shape index (κ1) is 25.6. The number of nitrogens with zero attached hydrogens (tertiary/aromatic N) is 1. The summed E-state index contributed by atoms with van der Waals surface area (Å²) in [6, 6.07) is 13.7. The van der Waals surface area contributed by atoms with E-state index in [4.69, 9.17) is 4.74 Å². The number of carbonyl (C=O) groups is 2. The predicted molar refractivity (Wildman–Crippen MR) is 136 cm³/mol. The summed E-state index contributed by atoms with van der Waals surface area (Å²) >= 11 is 0. The highest BCUT2D eigenvalue weighted by molar-refractivity contribution is 5.91. The van der Waals surface area contributed by atoms with Crippen molar-refractivity contribution in [3.8, 4) is 16.9 Å². The highest BCUT2D eigenvalue weighted by Crippen LogP contribution is 2.29. The number of rotatable bonds is 7. The molecule has 2 aromatic carbocycles. The van der Waals surface area contributed by atoms with Gasteiger partial charge in [0.25, 0.3) is 5.56 Å². The normalized spacial score (nSPS) is 11.6. The lowest BCUT2D eigenvalue weighted by Gasteiger charge is -2.20. The summed E-state index contributed by atoms with van der Waals surface area (Å²) in [6.07, 6.45) is -0.0953. The van der Waals surface area contributed by atoms with Crippen molar-refractivity contribution in [1.82, 2.24) is 9.88 Å². The SMILES string of the molecule is CCOC(=O)C[C@H](NC(=O)Nc1c(O)cc(C)n(C)c1=O)c1ccc(-c2c(C)cccc2C)cc1. The zero-order valence-corrected chi connectivity index (χ0v) is 20.6. The standard InChI is InChI=1S/C27H31N3O5/c1-6-35-23(32)15-21(28-27(34)29-25-22(31)14-18(4)30(5)26(25)33)19-10-12-20(13-11-19)24-16(2)8-7-9-17(24)3/h7-14,21,31H,6,15H2,1-5H3,(H2,28,29,34)/t21-/m0/s1. The average molecular weight is 478 g/mol. The Morgan fingerprint density at radius 1 is 1.06 bits per heavy atom. The number of carbonyl (C=O) groups excluding carboxylic acids is 2. The van der Waals surface area contributed by atoms with Crippen LogP contribution in [0.15, 0.2) is 53.3 Å². The van der Waals surface area contributed by atoms with Crippen LogP contribution in [0.25, 0.3) is 11.1 Å². The van der Waals surface area contributed by atoms with Gasteiger partial charge in [0.15, 0.2) is 5.69 Å². The van der Waals surface area contributed by atoms with E-state index in [0.29, 0.717) is 11.3 Å². The molecule has 0 radical (unpaired) electrons. The number of anilines is 1. The molecule has 1 atom stereocenters. The van der Waals surface area contributed by atoms with Crippen LogP contribution in [0.4, 0.5) is 10.5 Å². The molecule has 8 heteroatoms. The predicted octanol–water partition coefficient (Wildman–Crippen LogP) is 4.50. The number of aromatic hydroxyl groups is 1. The summed E-state index contributed by atoms with van der Waals surface area (Å²) in [7, 11) is 1.54. The van der Waals surface area contributed by atoms with E-state index in [1.165, 1.54) is 10.6 Å². The quantitative estimate of drug-likeness (QED) is 0.434. The van der Waals surface area contributed by atoms with E-state index in [9.17, 15) is 19.5 Å². The number of ether oxygens (including phenoxy) is 1. The zero-order chi connectivity index (χ0) is 25.7. The van der Waals surface area contributed by atoms with Gasteiger partial charge in [-0.2, -0.15) is 0 Å². The van der Waals surface area contributed by atoms with Crippen molar-refractivity contribution in [2.24, 2.45) is 7.05 Å². The number of esters is 1. The van der Waals surface area contributed by atoms with Crippen molar-refractivity contribution >= 4 is 17.7 Å². The van der Waals surface area contributed by atoms with E-state index in [2.05, 4.69) is 36.6 Å². The Morgan fingerprint density at radius 2 is 1.69 bits per heavy atom. The van der Waals surface area contributed by atoms with Gasteiger partial charge in [-0.3, -0.25) is 9.59 Å². The fourth-order valence-electron chi connectivity index (χ4n) is 4.02. The Labute approximate surface area is 204 Å². The number of hydrogen-bond donors (Lipinski definition) is 3. The molecule has 1 heterocycles. The van der Waals surface area contributed by atoms with Crippen LogP contribution in [0.1, 0.15) is 41.8 Å². The van der Waals surface area contributed by atoms with E-state index in [0.717, 1.165) is 22.3 Å². The number of hydrogen-bond acceptors (Lipinski definition) is 5. The molecular weight excluding hydrogens is 446 g/mol. The lowest BCUT2D eigenvalue weighted by molar-refractivity contribution is -0.143. The molecule has 3 N–H and O–H groups in total. The minimum atomic E-state index is -0.727. The van der Waals surface area contributed by atoms with Crippen LogP contribution in [0.3, 0.4) is 0 Å². The van der Waals surface area contributed by atoms with Crippen molar-refractivity contribution in [2.45, 2.75) is 40.2 Å². The molecule has 3 aromatic rings. The first-order chi connectivity index (χ1) is 16.6. The van der Waals surface area contributed by atoms with Gasteiger partial charge in [-0.05, 0) is 55.5 Å². The van der Waals surface area contributed by atoms with E-state index < -0.39 is 23.6 Å². The molecule has 0 fully saturated rings. The van der Waals surface area contributed by atoms with Crippen molar-refractivity contribution in [2.75, 3.05) is 11.9 Å². The molecule has 1 aromatic heterocycles. The van der Waals surface area contributed by atoms with Gasteiger partial charge in [-0.25, -0.2) is 4.79 Å². The van der Waals surface area contributed by atoms with Gasteiger partial charge in [-0.15, -0.1) is 0 Å². The van der Waals surface area contributed by atoms with Crippen LogP contribution >= 0.6 is 0 Å². The maximum atomic E-state index is 12.8. The second kappa shape index (κ2) is 10.9. The molecule has 0 aliphatic carbocycles. The third kappa shape index (κ3) is 5.90. The Morgan fingerprint density at radius 3 is 2.29 bits per heavy atom. The van der Waals surface area contributed by atoms with Gasteiger partial charge in [0.1, 0.15) is 5.75 Å². The third-order valence-corrected chi connectivity index (χ3v) is 5.95. The van der Waals surface area contributed by atoms with Crippen LogP contribution in [0.2, 0.25) is 0 Å². The fourth-order valence-corrected chi connectivity index (χ4v) is 4.02. The van der Waals surface area contributed by atoms with Gasteiger partial charge >= 0.3 is 12.0 Å². The largest absolute Gasteiger partial charge is 0.505 e. The molecule has 0 saturated heterocycles. The summed E-state index contributed by atoms with van der Waals surface area (Å²) in [4.78, 5) is 37.5. The second-order valence-corrected chi connectivity index (χ2v) is 8.46. The first-order valence-corrected chi connectivity index (χ1v) is 11.4. The van der Waals surface area contributed by atoms with E-state index in [-0.39, 0.29) is 24.5 Å². The van der Waals surface area contributed by atoms with Gasteiger partial charge < -0.3 is 25.0 Å². The molecule has 2 amide bonds. The average Bonchev–Trinajstić information content (AvgIpc) is 2.80. The van der Waals surface area contributed by atoms with Crippen molar-refractivity contribution in [1.29, 1.82) is 0 Å². The van der Waals surface area contributed by atoms with Gasteiger partial charge in [0.2, 0.25) is 0 Å². The molecule has 35 heavy (non-hydrogen) atoms. The molecule has 3 rings (SSSR count). The maximum absolute atomic E-state index is 12.8. The summed E-state index contributed by atoms with van der Waals surface area (Å²) in [5.74, 6) is -0.800. The maximum Gasteiger partial charge on any atom is 0.319 e. The van der Waals surface area contributed by atoms with Crippen LogP contribution in [0, 0.1) is 20.8 Å². The molecule has 0 unspecified atom stereocenters. The second-order valence-electron chi connectivity index (χ2n) is 8.46. The lowest BCUT2D eigenvalue weighted by Crippen LogP contribution is -2.36. The Kier molecular flexibility index (Phi) is 7.96.